The fraction of sp³-hybridized carbons (Fsp3) is 0.600. The number of nitrogens with two attached hydrogens (primary N) is 1. The second-order valence-corrected chi connectivity index (χ2v) is 4.97. The molecule has 2 unspecified atom stereocenters. The number of benzene rings is 1. The van der Waals surface area contributed by atoms with Crippen molar-refractivity contribution in [2.24, 2.45) is 5.73 Å². The molecular weight excluding hydrogens is 242 g/mol. The molecule has 1 saturated heterocycles. The van der Waals surface area contributed by atoms with Gasteiger partial charge in [-0.25, -0.2) is 0 Å². The van der Waals surface area contributed by atoms with Crippen LogP contribution in [0.2, 0.25) is 0 Å². The van der Waals surface area contributed by atoms with Gasteiger partial charge in [-0.2, -0.15) is 0 Å². The molecule has 0 aromatic heterocycles. The fourth-order valence-corrected chi connectivity index (χ4v) is 2.26. The summed E-state index contributed by atoms with van der Waals surface area (Å²) in [4.78, 5) is 0. The number of rotatable bonds is 6. The third kappa shape index (κ3) is 3.85. The average Bonchev–Trinajstić information content (AvgIpc) is 2.92. The molecule has 2 atom stereocenters. The smallest absolute Gasteiger partial charge is 0.161 e. The SMILES string of the molecule is COc1cc(C(C)N)ccc1OCCC1CCCO1. The molecule has 4 heteroatoms. The van der Waals surface area contributed by atoms with Gasteiger partial charge in [-0.15, -0.1) is 0 Å². The Morgan fingerprint density at radius 3 is 2.89 bits per heavy atom. The molecule has 19 heavy (non-hydrogen) atoms. The molecule has 0 aliphatic carbocycles. The first-order valence-electron chi connectivity index (χ1n) is 6.88. The molecule has 1 aliphatic heterocycles. The van der Waals surface area contributed by atoms with Gasteiger partial charge in [0, 0.05) is 19.1 Å². The molecule has 2 rings (SSSR count). The number of hydrogen-bond donors (Lipinski definition) is 1. The molecule has 1 aromatic rings. The molecule has 0 bridgehead atoms. The Kier molecular flexibility index (Phi) is 5.05. The van der Waals surface area contributed by atoms with Gasteiger partial charge in [0.2, 0.25) is 0 Å². The summed E-state index contributed by atoms with van der Waals surface area (Å²) in [6.45, 7) is 3.49. The van der Waals surface area contributed by atoms with Gasteiger partial charge in [-0.05, 0) is 37.5 Å². The van der Waals surface area contributed by atoms with Crippen LogP contribution < -0.4 is 15.2 Å². The highest BCUT2D eigenvalue weighted by molar-refractivity contribution is 5.43. The van der Waals surface area contributed by atoms with Crippen molar-refractivity contribution in [2.75, 3.05) is 20.3 Å². The van der Waals surface area contributed by atoms with Crippen LogP contribution >= 0.6 is 0 Å². The minimum atomic E-state index is -0.00478. The summed E-state index contributed by atoms with van der Waals surface area (Å²) < 4.78 is 16.7. The first-order chi connectivity index (χ1) is 9.20. The average molecular weight is 265 g/mol. The summed E-state index contributed by atoms with van der Waals surface area (Å²) in [6.07, 6.45) is 3.59. The molecular formula is C15H23NO3. The van der Waals surface area contributed by atoms with Crippen LogP contribution in [0.1, 0.15) is 37.8 Å². The van der Waals surface area contributed by atoms with Gasteiger partial charge in [0.05, 0.1) is 19.8 Å². The lowest BCUT2D eigenvalue weighted by atomic mass is 10.1. The first kappa shape index (κ1) is 14.2. The lowest BCUT2D eigenvalue weighted by Crippen LogP contribution is -2.11. The second kappa shape index (κ2) is 6.78. The Balaban J connectivity index is 1.91. The minimum Gasteiger partial charge on any atom is -0.493 e. The van der Waals surface area contributed by atoms with E-state index in [1.54, 1.807) is 7.11 Å². The molecule has 1 fully saturated rings. The maximum absolute atomic E-state index is 5.86. The van der Waals surface area contributed by atoms with Crippen LogP contribution in [0.4, 0.5) is 0 Å². The molecule has 106 valence electrons. The quantitative estimate of drug-likeness (QED) is 0.859. The van der Waals surface area contributed by atoms with E-state index in [-0.39, 0.29) is 6.04 Å². The minimum absolute atomic E-state index is 0.00478. The molecule has 0 spiro atoms. The zero-order valence-corrected chi connectivity index (χ0v) is 11.7. The van der Waals surface area contributed by atoms with Crippen molar-refractivity contribution in [3.05, 3.63) is 23.8 Å². The summed E-state index contributed by atoms with van der Waals surface area (Å²) in [5.41, 5.74) is 6.90. The van der Waals surface area contributed by atoms with E-state index in [0.29, 0.717) is 12.7 Å². The topological polar surface area (TPSA) is 53.7 Å². The van der Waals surface area contributed by atoms with Crippen LogP contribution in [0.25, 0.3) is 0 Å². The Morgan fingerprint density at radius 1 is 1.42 bits per heavy atom. The normalized spacial score (nSPS) is 20.3. The maximum atomic E-state index is 5.86. The van der Waals surface area contributed by atoms with Crippen molar-refractivity contribution in [3.63, 3.8) is 0 Å². The summed E-state index contributed by atoms with van der Waals surface area (Å²) in [6, 6.07) is 5.84. The lowest BCUT2D eigenvalue weighted by molar-refractivity contribution is 0.0899. The zero-order chi connectivity index (χ0) is 13.7. The van der Waals surface area contributed by atoms with E-state index in [1.807, 2.05) is 25.1 Å². The van der Waals surface area contributed by atoms with E-state index in [2.05, 4.69) is 0 Å². The monoisotopic (exact) mass is 265 g/mol. The fourth-order valence-electron chi connectivity index (χ4n) is 2.26. The molecule has 1 aliphatic rings. The molecule has 0 radical (unpaired) electrons. The lowest BCUT2D eigenvalue weighted by Gasteiger charge is -2.15. The van der Waals surface area contributed by atoms with Crippen molar-refractivity contribution in [1.82, 2.24) is 0 Å². The molecule has 0 saturated carbocycles. The number of hydrogen-bond acceptors (Lipinski definition) is 4. The summed E-state index contributed by atoms with van der Waals surface area (Å²) in [5, 5.41) is 0. The zero-order valence-electron chi connectivity index (χ0n) is 11.7. The highest BCUT2D eigenvalue weighted by Crippen LogP contribution is 2.30. The van der Waals surface area contributed by atoms with E-state index >= 15 is 0 Å². The van der Waals surface area contributed by atoms with E-state index in [1.165, 1.54) is 0 Å². The summed E-state index contributed by atoms with van der Waals surface area (Å²) >= 11 is 0. The maximum Gasteiger partial charge on any atom is 0.161 e. The molecule has 1 heterocycles. The van der Waals surface area contributed by atoms with Crippen LogP contribution in [0.15, 0.2) is 18.2 Å². The van der Waals surface area contributed by atoms with Gasteiger partial charge < -0.3 is 19.9 Å². The Bertz CT molecular complexity index is 400. The number of methoxy groups -OCH3 is 1. The molecule has 0 amide bonds. The summed E-state index contributed by atoms with van der Waals surface area (Å²) in [7, 11) is 1.65. The Morgan fingerprint density at radius 2 is 2.26 bits per heavy atom. The van der Waals surface area contributed by atoms with Crippen molar-refractivity contribution in [3.8, 4) is 11.5 Å². The van der Waals surface area contributed by atoms with E-state index in [0.717, 1.165) is 42.9 Å². The predicted molar refractivity (Wildman–Crippen MR) is 74.7 cm³/mol. The predicted octanol–water partition coefficient (Wildman–Crippen LogP) is 2.66. The van der Waals surface area contributed by atoms with Crippen molar-refractivity contribution < 1.29 is 14.2 Å². The van der Waals surface area contributed by atoms with Gasteiger partial charge in [-0.3, -0.25) is 0 Å². The third-order valence-corrected chi connectivity index (χ3v) is 3.43. The summed E-state index contributed by atoms with van der Waals surface area (Å²) in [5.74, 6) is 1.51. The molecule has 2 N–H and O–H groups in total. The first-order valence-corrected chi connectivity index (χ1v) is 6.88. The van der Waals surface area contributed by atoms with Gasteiger partial charge in [0.25, 0.3) is 0 Å². The number of ether oxygens (including phenoxy) is 3. The van der Waals surface area contributed by atoms with Crippen LogP contribution in [0, 0.1) is 0 Å². The standard InChI is InChI=1S/C15H23NO3/c1-11(16)12-5-6-14(15(10-12)17-2)19-9-7-13-4-3-8-18-13/h5-6,10-11,13H,3-4,7-9,16H2,1-2H3. The Hall–Kier alpha value is -1.26. The van der Waals surface area contributed by atoms with E-state index < -0.39 is 0 Å². The van der Waals surface area contributed by atoms with Gasteiger partial charge in [0.1, 0.15) is 0 Å². The van der Waals surface area contributed by atoms with E-state index in [9.17, 15) is 0 Å². The molecule has 4 nitrogen and oxygen atoms in total. The van der Waals surface area contributed by atoms with E-state index in [4.69, 9.17) is 19.9 Å². The van der Waals surface area contributed by atoms with Crippen LogP contribution in [-0.2, 0) is 4.74 Å². The van der Waals surface area contributed by atoms with Crippen molar-refractivity contribution in [2.45, 2.75) is 38.3 Å². The van der Waals surface area contributed by atoms with Crippen LogP contribution in [0.3, 0.4) is 0 Å². The van der Waals surface area contributed by atoms with Crippen LogP contribution in [-0.4, -0.2) is 26.4 Å². The Labute approximate surface area is 114 Å². The van der Waals surface area contributed by atoms with Gasteiger partial charge in [0.15, 0.2) is 11.5 Å². The van der Waals surface area contributed by atoms with Gasteiger partial charge >= 0.3 is 0 Å². The van der Waals surface area contributed by atoms with Crippen molar-refractivity contribution >= 4 is 0 Å². The van der Waals surface area contributed by atoms with Crippen LogP contribution in [0.5, 0.6) is 11.5 Å². The largest absolute Gasteiger partial charge is 0.493 e. The van der Waals surface area contributed by atoms with Gasteiger partial charge in [-0.1, -0.05) is 6.07 Å². The van der Waals surface area contributed by atoms with Crippen molar-refractivity contribution in [1.29, 1.82) is 0 Å². The highest BCUT2D eigenvalue weighted by atomic mass is 16.5. The third-order valence-electron chi connectivity index (χ3n) is 3.43. The molecule has 1 aromatic carbocycles. The highest BCUT2D eigenvalue weighted by Gasteiger charge is 2.15. The second-order valence-electron chi connectivity index (χ2n) is 4.97.